The Hall–Kier alpha value is -1.54. The minimum absolute atomic E-state index is 0.0784. The molecule has 0 saturated heterocycles. The minimum Gasteiger partial charge on any atom is -0.133 e. The van der Waals surface area contributed by atoms with Crippen molar-refractivity contribution >= 4 is 8.25 Å². The zero-order valence-electron chi connectivity index (χ0n) is 10.5. The van der Waals surface area contributed by atoms with Crippen molar-refractivity contribution in [3.05, 3.63) is 71.8 Å². The predicted octanol–water partition coefficient (Wildman–Crippen LogP) is 3.68. The van der Waals surface area contributed by atoms with E-state index in [1.165, 1.54) is 5.56 Å². The third kappa shape index (κ3) is 4.56. The molecule has 2 aromatic carbocycles. The maximum Gasteiger partial charge on any atom is 0.694 e. The second-order valence-corrected chi connectivity index (χ2v) is 5.06. The summed E-state index contributed by atoms with van der Waals surface area (Å²) in [7, 11) is -2.55. The first-order valence-electron chi connectivity index (χ1n) is 6.13. The summed E-state index contributed by atoms with van der Waals surface area (Å²) in [5.41, 5.74) is 2.30. The van der Waals surface area contributed by atoms with Gasteiger partial charge in [-0.25, -0.2) is 0 Å². The standard InChI is InChI=1S/C15H15O3P/c16-19(17)18-12-15(14-9-5-2-6-10-14)11-13-7-3-1-4-8-13/h1-10,15H,11-12H2/p+1. The van der Waals surface area contributed by atoms with Crippen LogP contribution in [0.5, 0.6) is 0 Å². The van der Waals surface area contributed by atoms with Crippen LogP contribution in [0.2, 0.25) is 0 Å². The van der Waals surface area contributed by atoms with Crippen LogP contribution < -0.4 is 0 Å². The highest BCUT2D eigenvalue weighted by molar-refractivity contribution is 7.32. The molecule has 0 aliphatic carbocycles. The SMILES string of the molecule is O=[P+](O)OCC(Cc1ccccc1)c1ccccc1. The van der Waals surface area contributed by atoms with Crippen molar-refractivity contribution in [1.29, 1.82) is 0 Å². The largest absolute Gasteiger partial charge is 0.694 e. The molecule has 3 nitrogen and oxygen atoms in total. The third-order valence-electron chi connectivity index (χ3n) is 2.98. The van der Waals surface area contributed by atoms with Crippen LogP contribution in [-0.2, 0) is 15.5 Å². The van der Waals surface area contributed by atoms with Gasteiger partial charge in [0.05, 0.1) is 0 Å². The molecule has 19 heavy (non-hydrogen) atoms. The van der Waals surface area contributed by atoms with E-state index in [1.54, 1.807) is 0 Å². The van der Waals surface area contributed by atoms with Crippen molar-refractivity contribution in [1.82, 2.24) is 0 Å². The fraction of sp³-hybridized carbons (Fsp3) is 0.200. The molecule has 0 aromatic heterocycles. The van der Waals surface area contributed by atoms with Crippen molar-refractivity contribution in [3.63, 3.8) is 0 Å². The fourth-order valence-electron chi connectivity index (χ4n) is 2.05. The molecule has 0 radical (unpaired) electrons. The van der Waals surface area contributed by atoms with Crippen molar-refractivity contribution < 1.29 is 14.0 Å². The number of benzene rings is 2. The van der Waals surface area contributed by atoms with Crippen molar-refractivity contribution in [2.45, 2.75) is 12.3 Å². The van der Waals surface area contributed by atoms with Gasteiger partial charge in [-0.15, -0.1) is 9.42 Å². The first kappa shape index (κ1) is 13.9. The highest BCUT2D eigenvalue weighted by Gasteiger charge is 2.20. The molecule has 0 amide bonds. The molecule has 2 aromatic rings. The smallest absolute Gasteiger partial charge is 0.133 e. The molecule has 0 bridgehead atoms. The first-order chi connectivity index (χ1) is 9.25. The van der Waals surface area contributed by atoms with E-state index >= 15 is 0 Å². The first-order valence-corrected chi connectivity index (χ1v) is 7.26. The molecule has 2 atom stereocenters. The van der Waals surface area contributed by atoms with Crippen LogP contribution >= 0.6 is 8.25 Å². The number of hydrogen-bond donors (Lipinski definition) is 1. The van der Waals surface area contributed by atoms with Crippen LogP contribution in [0.15, 0.2) is 60.7 Å². The van der Waals surface area contributed by atoms with Gasteiger partial charge in [-0.05, 0) is 17.5 Å². The van der Waals surface area contributed by atoms with Crippen LogP contribution in [0.4, 0.5) is 0 Å². The second kappa shape index (κ2) is 7.15. The Morgan fingerprint density at radius 2 is 1.58 bits per heavy atom. The average molecular weight is 275 g/mol. The predicted molar refractivity (Wildman–Crippen MR) is 75.1 cm³/mol. The average Bonchev–Trinajstić information content (AvgIpc) is 2.45. The highest BCUT2D eigenvalue weighted by atomic mass is 31.1. The van der Waals surface area contributed by atoms with E-state index < -0.39 is 8.25 Å². The van der Waals surface area contributed by atoms with E-state index in [0.717, 1.165) is 12.0 Å². The van der Waals surface area contributed by atoms with Crippen LogP contribution in [0.25, 0.3) is 0 Å². The molecule has 0 saturated carbocycles. The summed E-state index contributed by atoms with van der Waals surface area (Å²) in [6.45, 7) is 0.241. The summed E-state index contributed by atoms with van der Waals surface area (Å²) in [5.74, 6) is 0.0784. The lowest BCUT2D eigenvalue weighted by molar-refractivity contribution is 0.260. The van der Waals surface area contributed by atoms with Crippen LogP contribution in [0.3, 0.4) is 0 Å². The van der Waals surface area contributed by atoms with E-state index in [0.29, 0.717) is 0 Å². The molecule has 2 unspecified atom stereocenters. The van der Waals surface area contributed by atoms with E-state index in [4.69, 9.17) is 9.42 Å². The molecule has 0 aliphatic heterocycles. The summed E-state index contributed by atoms with van der Waals surface area (Å²) in [5, 5.41) is 0. The lowest BCUT2D eigenvalue weighted by atomic mass is 9.93. The van der Waals surface area contributed by atoms with Gasteiger partial charge in [0.15, 0.2) is 0 Å². The van der Waals surface area contributed by atoms with E-state index in [9.17, 15) is 4.57 Å². The Morgan fingerprint density at radius 3 is 2.16 bits per heavy atom. The van der Waals surface area contributed by atoms with Gasteiger partial charge in [0, 0.05) is 10.5 Å². The molecule has 4 heteroatoms. The van der Waals surface area contributed by atoms with Crippen LogP contribution in [0.1, 0.15) is 17.0 Å². The summed E-state index contributed by atoms with van der Waals surface area (Å²) in [6, 6.07) is 20.0. The zero-order chi connectivity index (χ0) is 13.5. The zero-order valence-corrected chi connectivity index (χ0v) is 11.4. The topological polar surface area (TPSA) is 46.5 Å². The maximum atomic E-state index is 10.7. The molecular weight excluding hydrogens is 259 g/mol. The quantitative estimate of drug-likeness (QED) is 0.818. The summed E-state index contributed by atoms with van der Waals surface area (Å²) >= 11 is 0. The third-order valence-corrected chi connectivity index (χ3v) is 3.35. The Bertz CT molecular complexity index is 513. The maximum absolute atomic E-state index is 10.7. The number of rotatable bonds is 6. The molecule has 0 heterocycles. The normalized spacial score (nSPS) is 13.0. The fourth-order valence-corrected chi connectivity index (χ4v) is 2.36. The van der Waals surface area contributed by atoms with Gasteiger partial charge in [-0.2, -0.15) is 0 Å². The van der Waals surface area contributed by atoms with E-state index in [1.807, 2.05) is 48.5 Å². The molecule has 0 fully saturated rings. The molecule has 2 rings (SSSR count). The molecular formula is C15H16O3P+. The minimum atomic E-state index is -2.55. The van der Waals surface area contributed by atoms with E-state index in [-0.39, 0.29) is 12.5 Å². The second-order valence-electron chi connectivity index (χ2n) is 4.33. The van der Waals surface area contributed by atoms with Gasteiger partial charge in [0.1, 0.15) is 6.61 Å². The molecule has 0 spiro atoms. The Kier molecular flexibility index (Phi) is 5.22. The van der Waals surface area contributed by atoms with Gasteiger partial charge in [-0.3, -0.25) is 0 Å². The highest BCUT2D eigenvalue weighted by Crippen LogP contribution is 2.25. The Balaban J connectivity index is 2.12. The van der Waals surface area contributed by atoms with Crippen LogP contribution in [-0.4, -0.2) is 11.5 Å². The summed E-state index contributed by atoms with van der Waals surface area (Å²) < 4.78 is 15.6. The molecule has 0 aliphatic rings. The van der Waals surface area contributed by atoms with Crippen LogP contribution in [0, 0.1) is 0 Å². The Labute approximate surface area is 113 Å². The molecule has 98 valence electrons. The lowest BCUT2D eigenvalue weighted by Crippen LogP contribution is -2.09. The van der Waals surface area contributed by atoms with Crippen molar-refractivity contribution in [3.8, 4) is 0 Å². The summed E-state index contributed by atoms with van der Waals surface area (Å²) in [6.07, 6.45) is 0.786. The van der Waals surface area contributed by atoms with Gasteiger partial charge in [0.2, 0.25) is 0 Å². The van der Waals surface area contributed by atoms with E-state index in [2.05, 4.69) is 12.1 Å². The monoisotopic (exact) mass is 275 g/mol. The van der Waals surface area contributed by atoms with Gasteiger partial charge < -0.3 is 0 Å². The number of hydrogen-bond acceptors (Lipinski definition) is 2. The van der Waals surface area contributed by atoms with Crippen molar-refractivity contribution in [2.24, 2.45) is 0 Å². The molecule has 1 N–H and O–H groups in total. The van der Waals surface area contributed by atoms with Gasteiger partial charge in [-0.1, -0.05) is 60.7 Å². The Morgan fingerprint density at radius 1 is 1.00 bits per heavy atom. The van der Waals surface area contributed by atoms with Gasteiger partial charge in [0.25, 0.3) is 0 Å². The van der Waals surface area contributed by atoms with Gasteiger partial charge >= 0.3 is 8.25 Å². The summed E-state index contributed by atoms with van der Waals surface area (Å²) in [4.78, 5) is 8.80. The van der Waals surface area contributed by atoms with Crippen molar-refractivity contribution in [2.75, 3.05) is 6.61 Å². The lowest BCUT2D eigenvalue weighted by Gasteiger charge is -2.14.